The molecule has 1 aromatic rings. The summed E-state index contributed by atoms with van der Waals surface area (Å²) in [5.41, 5.74) is 1.38. The van der Waals surface area contributed by atoms with Gasteiger partial charge in [-0.3, -0.25) is 4.90 Å². The van der Waals surface area contributed by atoms with Crippen molar-refractivity contribution in [1.82, 2.24) is 4.90 Å². The van der Waals surface area contributed by atoms with Crippen LogP contribution in [0.5, 0.6) is 5.75 Å². The van der Waals surface area contributed by atoms with Crippen LogP contribution in [0.25, 0.3) is 0 Å². The van der Waals surface area contributed by atoms with Crippen LogP contribution in [0.3, 0.4) is 0 Å². The normalized spacial score (nSPS) is 21.9. The second-order valence-electron chi connectivity index (χ2n) is 4.31. The van der Waals surface area contributed by atoms with Gasteiger partial charge in [-0.25, -0.2) is 0 Å². The van der Waals surface area contributed by atoms with E-state index in [0.29, 0.717) is 0 Å². The number of hydrogen-bond acceptors (Lipinski definition) is 2. The van der Waals surface area contributed by atoms with Gasteiger partial charge in [0.05, 0.1) is 7.11 Å². The van der Waals surface area contributed by atoms with E-state index in [9.17, 15) is 0 Å². The van der Waals surface area contributed by atoms with E-state index in [-0.39, 0.29) is 0 Å². The lowest BCUT2D eigenvalue weighted by molar-refractivity contribution is 0.260. The van der Waals surface area contributed by atoms with Gasteiger partial charge in [-0.2, -0.15) is 0 Å². The molecule has 0 unspecified atom stereocenters. The van der Waals surface area contributed by atoms with Crippen molar-refractivity contribution in [3.63, 3.8) is 0 Å². The molecule has 0 aromatic heterocycles. The Morgan fingerprint density at radius 3 is 2.60 bits per heavy atom. The summed E-state index contributed by atoms with van der Waals surface area (Å²) in [5.74, 6) is 0.938. The zero-order chi connectivity index (χ0) is 10.7. The first kappa shape index (κ1) is 10.5. The molecule has 1 aliphatic heterocycles. The third-order valence-electron chi connectivity index (χ3n) is 3.24. The number of nitrogens with zero attached hydrogens (tertiary/aromatic N) is 1. The number of rotatable bonds is 3. The standard InChI is InChI=1S/C13H19NO/c1-11-4-3-9-14(11)10-12-5-7-13(15-2)8-6-12/h5-8,11H,3-4,9-10H2,1-2H3/t11-/m0/s1. The van der Waals surface area contributed by atoms with Crippen LogP contribution < -0.4 is 4.74 Å². The highest BCUT2D eigenvalue weighted by atomic mass is 16.5. The van der Waals surface area contributed by atoms with E-state index in [2.05, 4.69) is 24.0 Å². The van der Waals surface area contributed by atoms with Crippen molar-refractivity contribution in [2.75, 3.05) is 13.7 Å². The van der Waals surface area contributed by atoms with Gasteiger partial charge in [0.2, 0.25) is 0 Å². The Balaban J connectivity index is 1.98. The SMILES string of the molecule is COc1ccc(CN2CCC[C@@H]2C)cc1. The molecule has 0 spiro atoms. The molecule has 0 radical (unpaired) electrons. The number of benzene rings is 1. The number of ether oxygens (including phenoxy) is 1. The lowest BCUT2D eigenvalue weighted by atomic mass is 10.2. The van der Waals surface area contributed by atoms with E-state index in [4.69, 9.17) is 4.74 Å². The third kappa shape index (κ3) is 2.51. The average Bonchev–Trinajstić information content (AvgIpc) is 2.66. The molecule has 1 saturated heterocycles. The molecule has 15 heavy (non-hydrogen) atoms. The largest absolute Gasteiger partial charge is 0.497 e. The van der Waals surface area contributed by atoms with Gasteiger partial charge in [0.15, 0.2) is 0 Å². The third-order valence-corrected chi connectivity index (χ3v) is 3.24. The molecule has 2 rings (SSSR count). The molecule has 0 aliphatic carbocycles. The molecule has 1 heterocycles. The van der Waals surface area contributed by atoms with Gasteiger partial charge in [-0.05, 0) is 44.0 Å². The van der Waals surface area contributed by atoms with Gasteiger partial charge in [-0.15, -0.1) is 0 Å². The fraction of sp³-hybridized carbons (Fsp3) is 0.538. The van der Waals surface area contributed by atoms with E-state index in [1.807, 2.05) is 12.1 Å². The van der Waals surface area contributed by atoms with Crippen molar-refractivity contribution in [1.29, 1.82) is 0 Å². The molecule has 0 amide bonds. The van der Waals surface area contributed by atoms with Crippen LogP contribution >= 0.6 is 0 Å². The number of methoxy groups -OCH3 is 1. The minimum atomic E-state index is 0.743. The van der Waals surface area contributed by atoms with Crippen molar-refractivity contribution in [2.24, 2.45) is 0 Å². The summed E-state index contributed by atoms with van der Waals surface area (Å²) in [6.45, 7) is 4.63. The average molecular weight is 205 g/mol. The summed E-state index contributed by atoms with van der Waals surface area (Å²) in [7, 11) is 1.71. The Labute approximate surface area is 91.9 Å². The summed E-state index contributed by atoms with van der Waals surface area (Å²) in [4.78, 5) is 2.54. The van der Waals surface area contributed by atoms with Crippen molar-refractivity contribution >= 4 is 0 Å². The van der Waals surface area contributed by atoms with Gasteiger partial charge in [0.25, 0.3) is 0 Å². The maximum atomic E-state index is 5.15. The van der Waals surface area contributed by atoms with Crippen LogP contribution in [0, 0.1) is 0 Å². The molecular formula is C13H19NO. The molecule has 1 fully saturated rings. The van der Waals surface area contributed by atoms with Gasteiger partial charge in [0.1, 0.15) is 5.75 Å². The van der Waals surface area contributed by atoms with Gasteiger partial charge in [-0.1, -0.05) is 12.1 Å². The fourth-order valence-electron chi connectivity index (χ4n) is 2.19. The zero-order valence-corrected chi connectivity index (χ0v) is 9.57. The van der Waals surface area contributed by atoms with Gasteiger partial charge in [0, 0.05) is 12.6 Å². The Morgan fingerprint density at radius 1 is 1.33 bits per heavy atom. The Kier molecular flexibility index (Phi) is 3.27. The summed E-state index contributed by atoms with van der Waals surface area (Å²) in [6.07, 6.45) is 2.69. The quantitative estimate of drug-likeness (QED) is 0.752. The second kappa shape index (κ2) is 4.67. The van der Waals surface area contributed by atoms with Gasteiger partial charge >= 0.3 is 0 Å². The van der Waals surface area contributed by atoms with Crippen molar-refractivity contribution in [3.8, 4) is 5.75 Å². The highest BCUT2D eigenvalue weighted by Crippen LogP contribution is 2.20. The Bertz CT molecular complexity index is 307. The summed E-state index contributed by atoms with van der Waals surface area (Å²) < 4.78 is 5.15. The molecule has 1 aliphatic rings. The van der Waals surface area contributed by atoms with Crippen LogP contribution in [-0.2, 0) is 6.54 Å². The molecule has 2 heteroatoms. The van der Waals surface area contributed by atoms with E-state index in [1.165, 1.54) is 24.9 Å². The van der Waals surface area contributed by atoms with Crippen LogP contribution in [0.2, 0.25) is 0 Å². The first-order chi connectivity index (χ1) is 7.29. The molecule has 82 valence electrons. The van der Waals surface area contributed by atoms with E-state index >= 15 is 0 Å². The van der Waals surface area contributed by atoms with Crippen molar-refractivity contribution < 1.29 is 4.74 Å². The summed E-state index contributed by atoms with van der Waals surface area (Å²) in [5, 5.41) is 0. The molecule has 1 aromatic carbocycles. The molecule has 2 nitrogen and oxygen atoms in total. The predicted molar refractivity (Wildman–Crippen MR) is 62.1 cm³/mol. The highest BCUT2D eigenvalue weighted by Gasteiger charge is 2.19. The molecule has 1 atom stereocenters. The summed E-state index contributed by atoms with van der Waals surface area (Å²) >= 11 is 0. The number of likely N-dealkylation sites (tertiary alicyclic amines) is 1. The van der Waals surface area contributed by atoms with E-state index in [0.717, 1.165) is 18.3 Å². The first-order valence-electron chi connectivity index (χ1n) is 5.66. The molecule has 0 saturated carbocycles. The van der Waals surface area contributed by atoms with Crippen molar-refractivity contribution in [3.05, 3.63) is 29.8 Å². The lowest BCUT2D eigenvalue weighted by Crippen LogP contribution is -2.26. The predicted octanol–water partition coefficient (Wildman–Crippen LogP) is 2.68. The summed E-state index contributed by atoms with van der Waals surface area (Å²) in [6, 6.07) is 9.13. The minimum Gasteiger partial charge on any atom is -0.497 e. The van der Waals surface area contributed by atoms with Crippen LogP contribution in [-0.4, -0.2) is 24.6 Å². The van der Waals surface area contributed by atoms with E-state index in [1.54, 1.807) is 7.11 Å². The zero-order valence-electron chi connectivity index (χ0n) is 9.57. The topological polar surface area (TPSA) is 12.5 Å². The Hall–Kier alpha value is -1.02. The second-order valence-corrected chi connectivity index (χ2v) is 4.31. The highest BCUT2D eigenvalue weighted by molar-refractivity contribution is 5.27. The maximum absolute atomic E-state index is 5.15. The van der Waals surface area contributed by atoms with Gasteiger partial charge < -0.3 is 4.74 Å². The van der Waals surface area contributed by atoms with Crippen LogP contribution in [0.15, 0.2) is 24.3 Å². The molecule has 0 bridgehead atoms. The van der Waals surface area contributed by atoms with Crippen LogP contribution in [0.1, 0.15) is 25.3 Å². The lowest BCUT2D eigenvalue weighted by Gasteiger charge is -2.20. The Morgan fingerprint density at radius 2 is 2.07 bits per heavy atom. The smallest absolute Gasteiger partial charge is 0.118 e. The molecular weight excluding hydrogens is 186 g/mol. The monoisotopic (exact) mass is 205 g/mol. The minimum absolute atomic E-state index is 0.743. The van der Waals surface area contributed by atoms with E-state index < -0.39 is 0 Å². The van der Waals surface area contributed by atoms with Crippen molar-refractivity contribution in [2.45, 2.75) is 32.4 Å². The first-order valence-corrected chi connectivity index (χ1v) is 5.66. The number of hydrogen-bond donors (Lipinski definition) is 0. The maximum Gasteiger partial charge on any atom is 0.118 e. The molecule has 0 N–H and O–H groups in total. The fourth-order valence-corrected chi connectivity index (χ4v) is 2.19. The van der Waals surface area contributed by atoms with Crippen LogP contribution in [0.4, 0.5) is 0 Å².